The molecule has 2 aromatic rings. The van der Waals surface area contributed by atoms with E-state index in [1.54, 1.807) is 18.4 Å². The second-order valence-electron chi connectivity index (χ2n) is 6.36. The molecule has 0 bridgehead atoms. The molecule has 0 amide bonds. The van der Waals surface area contributed by atoms with Crippen molar-refractivity contribution in [1.29, 1.82) is 0 Å². The van der Waals surface area contributed by atoms with E-state index in [1.807, 2.05) is 13.0 Å². The second-order valence-corrected chi connectivity index (χ2v) is 7.57. The molecule has 3 rings (SSSR count). The lowest BCUT2D eigenvalue weighted by Gasteiger charge is -2.40. The predicted molar refractivity (Wildman–Crippen MR) is 97.6 cm³/mol. The lowest BCUT2D eigenvalue weighted by atomic mass is 10.1. The normalized spacial score (nSPS) is 19.2. The monoisotopic (exact) mass is 346 g/mol. The summed E-state index contributed by atoms with van der Waals surface area (Å²) in [6.07, 6.45) is 0. The zero-order valence-corrected chi connectivity index (χ0v) is 15.7. The van der Waals surface area contributed by atoms with Crippen molar-refractivity contribution in [1.82, 2.24) is 20.0 Å². The summed E-state index contributed by atoms with van der Waals surface area (Å²) in [5.74, 6) is 0.929. The zero-order chi connectivity index (χ0) is 17.1. The molecule has 24 heavy (non-hydrogen) atoms. The van der Waals surface area contributed by atoms with Crippen molar-refractivity contribution in [3.05, 3.63) is 39.8 Å². The molecule has 130 valence electrons. The number of nitrogens with zero attached hydrogens (tertiary/aromatic N) is 4. The Kier molecular flexibility index (Phi) is 5.48. The summed E-state index contributed by atoms with van der Waals surface area (Å²) in [6.45, 7) is 10.8. The average molecular weight is 347 g/mol. The molecule has 0 N–H and O–H groups in total. The first kappa shape index (κ1) is 17.3. The number of aromatic nitrogens is 2. The number of methoxy groups -OCH3 is 1. The van der Waals surface area contributed by atoms with Gasteiger partial charge in [0.25, 0.3) is 0 Å². The Bertz CT molecular complexity index is 667. The molecule has 2 atom stereocenters. The van der Waals surface area contributed by atoms with E-state index in [2.05, 4.69) is 52.0 Å². The Morgan fingerprint density at radius 1 is 1.04 bits per heavy atom. The van der Waals surface area contributed by atoms with Crippen LogP contribution in [0.15, 0.2) is 24.3 Å². The highest BCUT2D eigenvalue weighted by Crippen LogP contribution is 2.28. The van der Waals surface area contributed by atoms with Gasteiger partial charge < -0.3 is 4.74 Å². The summed E-state index contributed by atoms with van der Waals surface area (Å²) in [6, 6.07) is 9.16. The maximum Gasteiger partial charge on any atom is 0.134 e. The van der Waals surface area contributed by atoms with Crippen LogP contribution in [0.25, 0.3) is 0 Å². The summed E-state index contributed by atoms with van der Waals surface area (Å²) >= 11 is 1.71. The van der Waals surface area contributed by atoms with E-state index in [-0.39, 0.29) is 0 Å². The molecule has 5 nitrogen and oxygen atoms in total. The van der Waals surface area contributed by atoms with E-state index >= 15 is 0 Å². The quantitative estimate of drug-likeness (QED) is 0.831. The second kappa shape index (κ2) is 7.59. The van der Waals surface area contributed by atoms with Crippen LogP contribution in [0.1, 0.15) is 41.5 Å². The first-order valence-electron chi connectivity index (χ1n) is 8.50. The third-order valence-electron chi connectivity index (χ3n) is 4.92. The van der Waals surface area contributed by atoms with Gasteiger partial charge in [-0.1, -0.05) is 12.1 Å². The fraction of sp³-hybridized carbons (Fsp3) is 0.556. The van der Waals surface area contributed by atoms with Crippen molar-refractivity contribution in [2.24, 2.45) is 0 Å². The zero-order valence-electron chi connectivity index (χ0n) is 14.9. The van der Waals surface area contributed by atoms with Crippen molar-refractivity contribution in [3.8, 4) is 5.75 Å². The maximum absolute atomic E-state index is 5.35. The molecule has 1 aromatic heterocycles. The highest BCUT2D eigenvalue weighted by atomic mass is 32.1. The molecular formula is C18H26N4OS. The smallest absolute Gasteiger partial charge is 0.134 e. The van der Waals surface area contributed by atoms with E-state index in [0.717, 1.165) is 41.9 Å². The number of hydrogen-bond donors (Lipinski definition) is 0. The highest BCUT2D eigenvalue weighted by molar-refractivity contribution is 7.11. The summed E-state index contributed by atoms with van der Waals surface area (Å²) in [5, 5.41) is 10.6. The van der Waals surface area contributed by atoms with E-state index in [0.29, 0.717) is 12.1 Å². The van der Waals surface area contributed by atoms with Gasteiger partial charge in [-0.05, 0) is 38.5 Å². The van der Waals surface area contributed by atoms with Crippen LogP contribution in [-0.4, -0.2) is 53.3 Å². The lowest BCUT2D eigenvalue weighted by Crippen LogP contribution is -2.47. The fourth-order valence-corrected chi connectivity index (χ4v) is 4.05. The SMILES string of the molecule is COc1cccc(C(C)N2CCN(C(C)c3nnc(C)s3)CC2)c1. The van der Waals surface area contributed by atoms with Crippen molar-refractivity contribution < 1.29 is 4.74 Å². The maximum atomic E-state index is 5.35. The Balaban J connectivity index is 1.60. The molecule has 0 aliphatic carbocycles. The van der Waals surface area contributed by atoms with Crippen LogP contribution >= 0.6 is 11.3 Å². The number of hydrogen-bond acceptors (Lipinski definition) is 6. The van der Waals surface area contributed by atoms with Crippen molar-refractivity contribution >= 4 is 11.3 Å². The molecular weight excluding hydrogens is 320 g/mol. The molecule has 1 fully saturated rings. The van der Waals surface area contributed by atoms with Crippen LogP contribution in [0.2, 0.25) is 0 Å². The molecule has 2 unspecified atom stereocenters. The highest BCUT2D eigenvalue weighted by Gasteiger charge is 2.26. The number of rotatable bonds is 5. The Morgan fingerprint density at radius 3 is 2.29 bits per heavy atom. The number of ether oxygens (including phenoxy) is 1. The fourth-order valence-electron chi connectivity index (χ4n) is 3.26. The molecule has 6 heteroatoms. The number of piperazine rings is 1. The summed E-state index contributed by atoms with van der Waals surface area (Å²) in [5.41, 5.74) is 1.32. The van der Waals surface area contributed by atoms with E-state index in [1.165, 1.54) is 5.56 Å². The molecule has 0 spiro atoms. The van der Waals surface area contributed by atoms with Crippen molar-refractivity contribution in [3.63, 3.8) is 0 Å². The van der Waals surface area contributed by atoms with Crippen LogP contribution in [-0.2, 0) is 0 Å². The minimum Gasteiger partial charge on any atom is -0.497 e. The average Bonchev–Trinajstić information content (AvgIpc) is 3.07. The summed E-state index contributed by atoms with van der Waals surface area (Å²) in [7, 11) is 1.72. The van der Waals surface area contributed by atoms with Crippen LogP contribution in [0, 0.1) is 6.92 Å². The van der Waals surface area contributed by atoms with E-state index in [4.69, 9.17) is 4.74 Å². The third-order valence-corrected chi connectivity index (χ3v) is 5.93. The molecule has 0 radical (unpaired) electrons. The first-order valence-corrected chi connectivity index (χ1v) is 9.32. The number of benzene rings is 1. The van der Waals surface area contributed by atoms with Gasteiger partial charge in [-0.15, -0.1) is 21.5 Å². The Labute approximate surface area is 148 Å². The van der Waals surface area contributed by atoms with E-state index < -0.39 is 0 Å². The Morgan fingerprint density at radius 2 is 1.71 bits per heavy atom. The minimum atomic E-state index is 0.352. The van der Waals surface area contributed by atoms with Crippen LogP contribution in [0.3, 0.4) is 0 Å². The van der Waals surface area contributed by atoms with Gasteiger partial charge in [0.15, 0.2) is 0 Å². The summed E-state index contributed by atoms with van der Waals surface area (Å²) < 4.78 is 5.35. The topological polar surface area (TPSA) is 41.5 Å². The lowest BCUT2D eigenvalue weighted by molar-refractivity contribution is 0.0779. The van der Waals surface area contributed by atoms with Gasteiger partial charge in [0, 0.05) is 32.2 Å². The number of aryl methyl sites for hydroxylation is 1. The Hall–Kier alpha value is -1.50. The van der Waals surface area contributed by atoms with Crippen LogP contribution < -0.4 is 4.74 Å². The molecule has 1 saturated heterocycles. The molecule has 1 aromatic carbocycles. The molecule has 1 aliphatic heterocycles. The van der Waals surface area contributed by atoms with Gasteiger partial charge in [0.2, 0.25) is 0 Å². The standard InChI is InChI=1S/C18H26N4OS/c1-13(16-6-5-7-17(12-16)23-4)21-8-10-22(11-9-21)14(2)18-20-19-15(3)24-18/h5-7,12-14H,8-11H2,1-4H3. The summed E-state index contributed by atoms with van der Waals surface area (Å²) in [4.78, 5) is 5.05. The van der Waals surface area contributed by atoms with E-state index in [9.17, 15) is 0 Å². The van der Waals surface area contributed by atoms with Gasteiger partial charge in [0.05, 0.1) is 13.2 Å². The van der Waals surface area contributed by atoms with Gasteiger partial charge in [-0.3, -0.25) is 9.80 Å². The van der Waals surface area contributed by atoms with Gasteiger partial charge in [-0.2, -0.15) is 0 Å². The van der Waals surface area contributed by atoms with Gasteiger partial charge in [0.1, 0.15) is 15.8 Å². The van der Waals surface area contributed by atoms with Gasteiger partial charge >= 0.3 is 0 Å². The third kappa shape index (κ3) is 3.77. The first-order chi connectivity index (χ1) is 11.6. The van der Waals surface area contributed by atoms with Gasteiger partial charge in [-0.25, -0.2) is 0 Å². The molecule has 1 aliphatic rings. The van der Waals surface area contributed by atoms with Crippen LogP contribution in [0.5, 0.6) is 5.75 Å². The predicted octanol–water partition coefficient (Wildman–Crippen LogP) is 3.29. The van der Waals surface area contributed by atoms with Crippen molar-refractivity contribution in [2.45, 2.75) is 32.9 Å². The molecule has 0 saturated carbocycles. The van der Waals surface area contributed by atoms with Crippen molar-refractivity contribution in [2.75, 3.05) is 33.3 Å². The largest absolute Gasteiger partial charge is 0.497 e. The minimum absolute atomic E-state index is 0.352. The van der Waals surface area contributed by atoms with Crippen LogP contribution in [0.4, 0.5) is 0 Å². The molecule has 2 heterocycles.